The highest BCUT2D eigenvalue weighted by molar-refractivity contribution is 7.11. The molecule has 1 aliphatic rings. The van der Waals surface area contributed by atoms with Gasteiger partial charge in [0.25, 0.3) is 0 Å². The van der Waals surface area contributed by atoms with Gasteiger partial charge in [0.05, 0.1) is 10.7 Å². The minimum atomic E-state index is 0.122. The molecular weight excluding hydrogens is 266 g/mol. The molecule has 1 aliphatic heterocycles. The second kappa shape index (κ2) is 7.53. The summed E-state index contributed by atoms with van der Waals surface area (Å²) in [5.41, 5.74) is 7.32. The van der Waals surface area contributed by atoms with Gasteiger partial charge in [0, 0.05) is 29.9 Å². The number of piperidine rings is 1. The number of aryl methyl sites for hydroxylation is 1. The largest absolute Gasteiger partial charge is 0.323 e. The molecule has 114 valence electrons. The average molecular weight is 295 g/mol. The van der Waals surface area contributed by atoms with E-state index in [-0.39, 0.29) is 6.04 Å². The van der Waals surface area contributed by atoms with Gasteiger partial charge >= 0.3 is 0 Å². The van der Waals surface area contributed by atoms with E-state index in [1.165, 1.54) is 41.4 Å². The Kier molecular flexibility index (Phi) is 6.00. The summed E-state index contributed by atoms with van der Waals surface area (Å²) in [7, 11) is 0. The van der Waals surface area contributed by atoms with E-state index in [0.717, 1.165) is 31.8 Å². The highest BCUT2D eigenvalue weighted by Crippen LogP contribution is 2.26. The molecule has 4 heteroatoms. The van der Waals surface area contributed by atoms with Crippen molar-refractivity contribution in [3.63, 3.8) is 0 Å². The van der Waals surface area contributed by atoms with Crippen LogP contribution < -0.4 is 5.73 Å². The molecule has 0 saturated carbocycles. The smallest absolute Gasteiger partial charge is 0.0944 e. The lowest BCUT2D eigenvalue weighted by molar-refractivity contribution is 0.163. The standard InChI is InChI=1S/C16H29N3S/c1-4-7-14-16(13(3)17)20-15(18-14)9-11-19-10-6-5-8-12(19)2/h12-13H,4-11,17H2,1-3H3. The van der Waals surface area contributed by atoms with Crippen molar-refractivity contribution >= 4 is 11.3 Å². The first-order valence-electron chi connectivity index (χ1n) is 8.10. The summed E-state index contributed by atoms with van der Waals surface area (Å²) >= 11 is 1.83. The predicted molar refractivity (Wildman–Crippen MR) is 87.3 cm³/mol. The van der Waals surface area contributed by atoms with Crippen molar-refractivity contribution in [2.45, 2.75) is 71.4 Å². The van der Waals surface area contributed by atoms with Gasteiger partial charge in [0.1, 0.15) is 0 Å². The van der Waals surface area contributed by atoms with Crippen molar-refractivity contribution in [3.05, 3.63) is 15.6 Å². The molecule has 0 spiro atoms. The lowest BCUT2D eigenvalue weighted by Crippen LogP contribution is -2.38. The van der Waals surface area contributed by atoms with Gasteiger partial charge in [-0.25, -0.2) is 4.98 Å². The molecule has 0 radical (unpaired) electrons. The van der Waals surface area contributed by atoms with E-state index in [1.54, 1.807) is 0 Å². The number of likely N-dealkylation sites (tertiary alicyclic amines) is 1. The molecule has 0 aromatic carbocycles. The van der Waals surface area contributed by atoms with Crippen molar-refractivity contribution in [2.75, 3.05) is 13.1 Å². The van der Waals surface area contributed by atoms with E-state index in [9.17, 15) is 0 Å². The molecule has 2 N–H and O–H groups in total. The van der Waals surface area contributed by atoms with Crippen molar-refractivity contribution in [1.82, 2.24) is 9.88 Å². The fourth-order valence-electron chi connectivity index (χ4n) is 3.02. The maximum atomic E-state index is 6.08. The van der Waals surface area contributed by atoms with Crippen LogP contribution in [-0.4, -0.2) is 29.0 Å². The normalized spacial score (nSPS) is 22.1. The molecule has 1 saturated heterocycles. The summed E-state index contributed by atoms with van der Waals surface area (Å²) in [5.74, 6) is 0. The van der Waals surface area contributed by atoms with Gasteiger partial charge in [0.15, 0.2) is 0 Å². The SMILES string of the molecule is CCCc1nc(CCN2CCCCC2C)sc1C(C)N. The number of hydrogen-bond donors (Lipinski definition) is 1. The number of nitrogens with zero attached hydrogens (tertiary/aromatic N) is 2. The number of hydrogen-bond acceptors (Lipinski definition) is 4. The zero-order chi connectivity index (χ0) is 14.5. The summed E-state index contributed by atoms with van der Waals surface area (Å²) in [6, 6.07) is 0.864. The fourth-order valence-corrected chi connectivity index (χ4v) is 4.08. The Labute approximate surface area is 127 Å². The Morgan fingerprint density at radius 3 is 2.85 bits per heavy atom. The first kappa shape index (κ1) is 15.9. The number of rotatable bonds is 6. The Morgan fingerprint density at radius 2 is 2.20 bits per heavy atom. The van der Waals surface area contributed by atoms with Crippen LogP contribution in [0.4, 0.5) is 0 Å². The van der Waals surface area contributed by atoms with Crippen LogP contribution in [0.1, 0.15) is 68.1 Å². The molecule has 1 aromatic heterocycles. The van der Waals surface area contributed by atoms with Crippen LogP contribution in [0.3, 0.4) is 0 Å². The summed E-state index contributed by atoms with van der Waals surface area (Å²) in [4.78, 5) is 8.76. The second-order valence-corrected chi connectivity index (χ2v) is 7.20. The van der Waals surface area contributed by atoms with E-state index >= 15 is 0 Å². The zero-order valence-corrected chi connectivity index (χ0v) is 14.0. The molecule has 2 rings (SSSR count). The third-order valence-electron chi connectivity index (χ3n) is 4.23. The van der Waals surface area contributed by atoms with Crippen LogP contribution in [0.25, 0.3) is 0 Å². The molecule has 2 unspecified atom stereocenters. The minimum absolute atomic E-state index is 0.122. The van der Waals surface area contributed by atoms with Crippen molar-refractivity contribution in [3.8, 4) is 0 Å². The molecule has 0 bridgehead atoms. The summed E-state index contributed by atoms with van der Waals surface area (Å²) in [6.45, 7) is 9.05. The van der Waals surface area contributed by atoms with Crippen LogP contribution >= 0.6 is 11.3 Å². The minimum Gasteiger partial charge on any atom is -0.323 e. The maximum Gasteiger partial charge on any atom is 0.0944 e. The van der Waals surface area contributed by atoms with Gasteiger partial charge in [-0.1, -0.05) is 19.8 Å². The van der Waals surface area contributed by atoms with Gasteiger partial charge in [-0.2, -0.15) is 0 Å². The van der Waals surface area contributed by atoms with Gasteiger partial charge < -0.3 is 10.6 Å². The van der Waals surface area contributed by atoms with Crippen molar-refractivity contribution in [2.24, 2.45) is 5.73 Å². The molecule has 20 heavy (non-hydrogen) atoms. The first-order chi connectivity index (χ1) is 9.61. The highest BCUT2D eigenvalue weighted by Gasteiger charge is 2.19. The molecule has 1 aromatic rings. The third kappa shape index (κ3) is 4.03. The monoisotopic (exact) mass is 295 g/mol. The van der Waals surface area contributed by atoms with Crippen LogP contribution in [0.5, 0.6) is 0 Å². The Bertz CT molecular complexity index is 414. The van der Waals surface area contributed by atoms with Crippen molar-refractivity contribution < 1.29 is 0 Å². The Hall–Kier alpha value is -0.450. The van der Waals surface area contributed by atoms with Crippen LogP contribution in [0.2, 0.25) is 0 Å². The molecule has 0 aliphatic carbocycles. The lowest BCUT2D eigenvalue weighted by atomic mass is 10.0. The number of thiazole rings is 1. The maximum absolute atomic E-state index is 6.08. The molecule has 1 fully saturated rings. The molecule has 3 nitrogen and oxygen atoms in total. The van der Waals surface area contributed by atoms with E-state index in [1.807, 2.05) is 11.3 Å². The third-order valence-corrected chi connectivity index (χ3v) is 5.58. The number of aromatic nitrogens is 1. The molecule has 2 atom stereocenters. The van der Waals surface area contributed by atoms with Crippen LogP contribution in [-0.2, 0) is 12.8 Å². The molecular formula is C16H29N3S. The van der Waals surface area contributed by atoms with Gasteiger partial charge in [-0.05, 0) is 39.7 Å². The zero-order valence-electron chi connectivity index (χ0n) is 13.2. The van der Waals surface area contributed by atoms with Gasteiger partial charge in [0.2, 0.25) is 0 Å². The van der Waals surface area contributed by atoms with E-state index < -0.39 is 0 Å². The van der Waals surface area contributed by atoms with Crippen LogP contribution in [0.15, 0.2) is 0 Å². The quantitative estimate of drug-likeness (QED) is 0.873. The van der Waals surface area contributed by atoms with E-state index in [4.69, 9.17) is 10.7 Å². The summed E-state index contributed by atoms with van der Waals surface area (Å²) in [5, 5.41) is 1.28. The first-order valence-corrected chi connectivity index (χ1v) is 8.91. The fraction of sp³-hybridized carbons (Fsp3) is 0.812. The van der Waals surface area contributed by atoms with Crippen molar-refractivity contribution in [1.29, 1.82) is 0 Å². The molecule has 2 heterocycles. The Morgan fingerprint density at radius 1 is 1.40 bits per heavy atom. The second-order valence-electron chi connectivity index (χ2n) is 6.09. The topological polar surface area (TPSA) is 42.2 Å². The van der Waals surface area contributed by atoms with Gasteiger partial charge in [-0.15, -0.1) is 11.3 Å². The van der Waals surface area contributed by atoms with Gasteiger partial charge in [-0.3, -0.25) is 0 Å². The predicted octanol–water partition coefficient (Wildman–Crippen LogP) is 3.53. The average Bonchev–Trinajstić information content (AvgIpc) is 2.82. The summed E-state index contributed by atoms with van der Waals surface area (Å²) < 4.78 is 0. The summed E-state index contributed by atoms with van der Waals surface area (Å²) in [6.07, 6.45) is 7.39. The number of nitrogens with two attached hydrogens (primary N) is 1. The van der Waals surface area contributed by atoms with Crippen LogP contribution in [0, 0.1) is 0 Å². The lowest BCUT2D eigenvalue weighted by Gasteiger charge is -2.33. The van der Waals surface area contributed by atoms with E-state index in [2.05, 4.69) is 25.7 Å². The van der Waals surface area contributed by atoms with E-state index in [0.29, 0.717) is 0 Å². The Balaban J connectivity index is 1.96. The highest BCUT2D eigenvalue weighted by atomic mass is 32.1. The molecule has 0 amide bonds.